The summed E-state index contributed by atoms with van der Waals surface area (Å²) >= 11 is 0. The van der Waals surface area contributed by atoms with Gasteiger partial charge in [0, 0.05) is 31.1 Å². The van der Waals surface area contributed by atoms with Crippen molar-refractivity contribution in [1.29, 1.82) is 0 Å². The number of β-amino-alcohol motifs (C(OH)–C–C–N with tert-alkyl or cyclic N) is 1. The van der Waals surface area contributed by atoms with E-state index in [9.17, 15) is 9.90 Å². The third-order valence-electron chi connectivity index (χ3n) is 4.74. The summed E-state index contributed by atoms with van der Waals surface area (Å²) in [5.41, 5.74) is 4.37. The summed E-state index contributed by atoms with van der Waals surface area (Å²) in [5, 5.41) is 17.4. The van der Waals surface area contributed by atoms with Crippen LogP contribution in [0.2, 0.25) is 0 Å². The van der Waals surface area contributed by atoms with Gasteiger partial charge in [-0.15, -0.1) is 0 Å². The van der Waals surface area contributed by atoms with Gasteiger partial charge in [0.15, 0.2) is 0 Å². The molecular formula is C19H25N3O2. The summed E-state index contributed by atoms with van der Waals surface area (Å²) in [7, 11) is 0. The number of rotatable bonds is 5. The van der Waals surface area contributed by atoms with Crippen LogP contribution in [0.15, 0.2) is 30.3 Å². The molecule has 24 heavy (non-hydrogen) atoms. The van der Waals surface area contributed by atoms with Gasteiger partial charge in [0.05, 0.1) is 11.8 Å². The highest BCUT2D eigenvalue weighted by atomic mass is 16.3. The Labute approximate surface area is 142 Å². The molecule has 5 nitrogen and oxygen atoms in total. The van der Waals surface area contributed by atoms with Crippen LogP contribution in [0.5, 0.6) is 0 Å². The number of nitrogens with one attached hydrogen (secondary N) is 1. The monoisotopic (exact) mass is 327 g/mol. The number of aliphatic hydroxyl groups is 1. The van der Waals surface area contributed by atoms with Gasteiger partial charge >= 0.3 is 0 Å². The van der Waals surface area contributed by atoms with Crippen LogP contribution in [0.4, 0.5) is 0 Å². The Kier molecular flexibility index (Phi) is 5.00. The van der Waals surface area contributed by atoms with Crippen molar-refractivity contribution in [3.05, 3.63) is 52.8 Å². The normalized spacial score (nSPS) is 20.5. The lowest BCUT2D eigenvalue weighted by Gasteiger charge is -2.16. The van der Waals surface area contributed by atoms with Crippen molar-refractivity contribution in [1.82, 2.24) is 15.1 Å². The van der Waals surface area contributed by atoms with E-state index >= 15 is 0 Å². The van der Waals surface area contributed by atoms with Gasteiger partial charge in [-0.1, -0.05) is 29.8 Å². The Balaban J connectivity index is 1.51. The Hall–Kier alpha value is -2.14. The lowest BCUT2D eigenvalue weighted by Crippen LogP contribution is -2.29. The SMILES string of the molecule is Cc1ccc(CCC(=O)N2C[C@@H](Cc3cc(C)[nH]n3)[C@@H](O)C2)cc1. The number of aliphatic hydroxyl groups excluding tert-OH is 1. The molecule has 0 unspecified atom stereocenters. The molecule has 1 aliphatic rings. The highest BCUT2D eigenvalue weighted by molar-refractivity contribution is 5.76. The summed E-state index contributed by atoms with van der Waals surface area (Å²) in [4.78, 5) is 14.2. The molecule has 1 aromatic carbocycles. The average molecular weight is 327 g/mol. The number of aromatic nitrogens is 2. The third-order valence-corrected chi connectivity index (χ3v) is 4.74. The second-order valence-corrected chi connectivity index (χ2v) is 6.86. The van der Waals surface area contributed by atoms with Gasteiger partial charge in [-0.2, -0.15) is 5.10 Å². The van der Waals surface area contributed by atoms with Crippen molar-refractivity contribution < 1.29 is 9.90 Å². The van der Waals surface area contributed by atoms with Crippen LogP contribution in [-0.4, -0.2) is 45.3 Å². The van der Waals surface area contributed by atoms with Gasteiger partial charge in [-0.3, -0.25) is 9.89 Å². The molecular weight excluding hydrogens is 302 g/mol. The summed E-state index contributed by atoms with van der Waals surface area (Å²) < 4.78 is 0. The van der Waals surface area contributed by atoms with E-state index in [1.807, 2.05) is 13.0 Å². The fourth-order valence-electron chi connectivity index (χ4n) is 3.27. The summed E-state index contributed by atoms with van der Waals surface area (Å²) in [6.07, 6.45) is 1.47. The number of H-pyrrole nitrogens is 1. The first-order chi connectivity index (χ1) is 11.5. The predicted molar refractivity (Wildman–Crippen MR) is 92.6 cm³/mol. The van der Waals surface area contributed by atoms with Gasteiger partial charge < -0.3 is 10.0 Å². The highest BCUT2D eigenvalue weighted by Crippen LogP contribution is 2.22. The van der Waals surface area contributed by atoms with Crippen LogP contribution < -0.4 is 0 Å². The van der Waals surface area contributed by atoms with Crippen LogP contribution in [0.1, 0.15) is 28.9 Å². The van der Waals surface area contributed by atoms with Crippen molar-refractivity contribution >= 4 is 5.91 Å². The molecule has 2 N–H and O–H groups in total. The number of hydrogen-bond acceptors (Lipinski definition) is 3. The summed E-state index contributed by atoms with van der Waals surface area (Å²) in [6.45, 7) is 5.06. The van der Waals surface area contributed by atoms with Crippen LogP contribution >= 0.6 is 0 Å². The molecule has 1 saturated heterocycles. The van der Waals surface area contributed by atoms with Crippen molar-refractivity contribution in [2.45, 2.75) is 39.2 Å². The number of carbonyl (C=O) groups excluding carboxylic acids is 1. The van der Waals surface area contributed by atoms with Crippen molar-refractivity contribution in [3.63, 3.8) is 0 Å². The van der Waals surface area contributed by atoms with E-state index in [0.29, 0.717) is 25.9 Å². The molecule has 0 saturated carbocycles. The molecule has 1 amide bonds. The molecule has 0 aliphatic carbocycles. The molecule has 1 aliphatic heterocycles. The van der Waals surface area contributed by atoms with Crippen LogP contribution in [0, 0.1) is 19.8 Å². The number of aromatic amines is 1. The van der Waals surface area contributed by atoms with Crippen LogP contribution in [0.3, 0.4) is 0 Å². The average Bonchev–Trinajstić information content (AvgIpc) is 3.13. The fourth-order valence-corrected chi connectivity index (χ4v) is 3.27. The number of likely N-dealkylation sites (tertiary alicyclic amines) is 1. The van der Waals surface area contributed by atoms with E-state index in [0.717, 1.165) is 17.8 Å². The van der Waals surface area contributed by atoms with Crippen molar-refractivity contribution in [3.8, 4) is 0 Å². The van der Waals surface area contributed by atoms with Gasteiger partial charge in [-0.25, -0.2) is 0 Å². The minimum Gasteiger partial charge on any atom is -0.391 e. The van der Waals surface area contributed by atoms with E-state index < -0.39 is 6.10 Å². The maximum Gasteiger partial charge on any atom is 0.223 e. The number of hydrogen-bond donors (Lipinski definition) is 2. The zero-order valence-corrected chi connectivity index (χ0v) is 14.3. The largest absolute Gasteiger partial charge is 0.391 e. The van der Waals surface area contributed by atoms with Gasteiger partial charge in [-0.05, 0) is 38.3 Å². The standard InChI is InChI=1S/C19H25N3O2/c1-13-3-5-15(6-4-13)7-8-19(24)22-11-16(18(23)12-22)10-17-9-14(2)20-21-17/h3-6,9,16,18,23H,7-8,10-12H2,1-2H3,(H,20,21)/t16-,18+/m1/s1. The number of carbonyl (C=O) groups is 1. The highest BCUT2D eigenvalue weighted by Gasteiger charge is 2.34. The second-order valence-electron chi connectivity index (χ2n) is 6.86. The molecule has 128 valence electrons. The first-order valence-corrected chi connectivity index (χ1v) is 8.53. The Morgan fingerprint density at radius 1 is 1.29 bits per heavy atom. The zero-order chi connectivity index (χ0) is 17.1. The molecule has 3 rings (SSSR count). The minimum atomic E-state index is -0.467. The van der Waals surface area contributed by atoms with Gasteiger partial charge in [0.25, 0.3) is 0 Å². The van der Waals surface area contributed by atoms with Crippen LogP contribution in [-0.2, 0) is 17.6 Å². The van der Waals surface area contributed by atoms with Gasteiger partial charge in [0.1, 0.15) is 0 Å². The van der Waals surface area contributed by atoms with E-state index in [1.54, 1.807) is 4.90 Å². The molecule has 1 aromatic heterocycles. The quantitative estimate of drug-likeness (QED) is 0.883. The number of amides is 1. The van der Waals surface area contributed by atoms with Crippen LogP contribution in [0.25, 0.3) is 0 Å². The first kappa shape index (κ1) is 16.7. The number of aryl methyl sites for hydroxylation is 3. The molecule has 2 aromatic rings. The van der Waals surface area contributed by atoms with E-state index in [-0.39, 0.29) is 11.8 Å². The topological polar surface area (TPSA) is 69.2 Å². The molecule has 1 fully saturated rings. The second kappa shape index (κ2) is 7.18. The number of benzene rings is 1. The van der Waals surface area contributed by atoms with Gasteiger partial charge in [0.2, 0.25) is 5.91 Å². The molecule has 2 atom stereocenters. The zero-order valence-electron chi connectivity index (χ0n) is 14.3. The van der Waals surface area contributed by atoms with E-state index in [4.69, 9.17) is 0 Å². The molecule has 5 heteroatoms. The number of nitrogens with zero attached hydrogens (tertiary/aromatic N) is 2. The minimum absolute atomic E-state index is 0.0658. The van der Waals surface area contributed by atoms with E-state index in [2.05, 4.69) is 41.4 Å². The third kappa shape index (κ3) is 4.03. The lowest BCUT2D eigenvalue weighted by atomic mass is 10.0. The maximum absolute atomic E-state index is 12.4. The first-order valence-electron chi connectivity index (χ1n) is 8.53. The van der Waals surface area contributed by atoms with Crippen molar-refractivity contribution in [2.24, 2.45) is 5.92 Å². The van der Waals surface area contributed by atoms with E-state index in [1.165, 1.54) is 11.1 Å². The maximum atomic E-state index is 12.4. The molecule has 2 heterocycles. The molecule has 0 spiro atoms. The van der Waals surface area contributed by atoms with Crippen molar-refractivity contribution in [2.75, 3.05) is 13.1 Å². The fraction of sp³-hybridized carbons (Fsp3) is 0.474. The predicted octanol–water partition coefficient (Wildman–Crippen LogP) is 2.02. The Bertz CT molecular complexity index is 693. The molecule has 0 bridgehead atoms. The summed E-state index contributed by atoms with van der Waals surface area (Å²) in [6, 6.07) is 10.3. The summed E-state index contributed by atoms with van der Waals surface area (Å²) in [5.74, 6) is 0.186. The molecule has 0 radical (unpaired) electrons. The Morgan fingerprint density at radius 3 is 2.71 bits per heavy atom. The lowest BCUT2D eigenvalue weighted by molar-refractivity contribution is -0.130. The Morgan fingerprint density at radius 2 is 2.04 bits per heavy atom. The smallest absolute Gasteiger partial charge is 0.223 e.